The molecule has 2 nitrogen and oxygen atoms in total. The van der Waals surface area contributed by atoms with E-state index in [0.717, 1.165) is 16.7 Å². The lowest BCUT2D eigenvalue weighted by molar-refractivity contribution is -0.118. The third-order valence-electron chi connectivity index (χ3n) is 3.08. The van der Waals surface area contributed by atoms with Crippen molar-refractivity contribution in [2.45, 2.75) is 19.3 Å². The van der Waals surface area contributed by atoms with E-state index in [9.17, 15) is 10.1 Å². The first-order valence-corrected chi connectivity index (χ1v) is 6.23. The fourth-order valence-corrected chi connectivity index (χ4v) is 1.99. The molecule has 2 aromatic rings. The predicted molar refractivity (Wildman–Crippen MR) is 74.7 cm³/mol. The third kappa shape index (κ3) is 3.29. The Morgan fingerprint density at radius 2 is 1.74 bits per heavy atom. The van der Waals surface area contributed by atoms with Crippen LogP contribution >= 0.6 is 0 Å². The van der Waals surface area contributed by atoms with Crippen molar-refractivity contribution >= 4 is 5.78 Å². The molecule has 0 N–H and O–H groups in total. The highest BCUT2D eigenvalue weighted by Crippen LogP contribution is 2.18. The van der Waals surface area contributed by atoms with Gasteiger partial charge in [-0.25, -0.2) is 0 Å². The summed E-state index contributed by atoms with van der Waals surface area (Å²) in [4.78, 5) is 12.2. The van der Waals surface area contributed by atoms with Crippen LogP contribution in [0.3, 0.4) is 0 Å². The molecule has 0 aliphatic heterocycles. The standard InChI is InChI=1S/C17H15NO/c1-13-7-9-14(10-8-13)11-17(19)16(12-18)15-5-3-2-4-6-15/h2-10,16H,11H2,1H3. The third-order valence-corrected chi connectivity index (χ3v) is 3.08. The van der Waals surface area contributed by atoms with E-state index in [1.807, 2.05) is 61.5 Å². The van der Waals surface area contributed by atoms with Gasteiger partial charge in [-0.3, -0.25) is 4.79 Å². The molecule has 0 spiro atoms. The summed E-state index contributed by atoms with van der Waals surface area (Å²) in [5.74, 6) is -0.736. The Hall–Kier alpha value is -2.40. The van der Waals surface area contributed by atoms with Crippen LogP contribution in [0.1, 0.15) is 22.6 Å². The molecule has 0 aromatic heterocycles. The molecule has 1 atom stereocenters. The van der Waals surface area contributed by atoms with Crippen LogP contribution in [-0.2, 0) is 11.2 Å². The fourth-order valence-electron chi connectivity index (χ4n) is 1.99. The van der Waals surface area contributed by atoms with Crippen LogP contribution < -0.4 is 0 Å². The van der Waals surface area contributed by atoms with Gasteiger partial charge in [-0.1, -0.05) is 60.2 Å². The van der Waals surface area contributed by atoms with Crippen molar-refractivity contribution in [3.05, 3.63) is 71.3 Å². The van der Waals surface area contributed by atoms with E-state index < -0.39 is 5.92 Å². The minimum absolute atomic E-state index is 0.0578. The molecule has 0 saturated carbocycles. The molecule has 2 rings (SSSR count). The monoisotopic (exact) mass is 249 g/mol. The Labute approximate surface area is 113 Å². The number of carbonyl (C=O) groups excluding carboxylic acids is 1. The van der Waals surface area contributed by atoms with Crippen molar-refractivity contribution in [1.29, 1.82) is 5.26 Å². The summed E-state index contributed by atoms with van der Waals surface area (Å²) in [5.41, 5.74) is 2.88. The van der Waals surface area contributed by atoms with Crippen LogP contribution in [0.2, 0.25) is 0 Å². The number of rotatable bonds is 4. The molecule has 19 heavy (non-hydrogen) atoms. The first kappa shape index (κ1) is 13.0. The molecule has 0 bridgehead atoms. The maximum atomic E-state index is 12.2. The molecule has 0 aliphatic carbocycles. The van der Waals surface area contributed by atoms with Crippen LogP contribution in [0.15, 0.2) is 54.6 Å². The van der Waals surface area contributed by atoms with Gasteiger partial charge < -0.3 is 0 Å². The van der Waals surface area contributed by atoms with Gasteiger partial charge in [0.1, 0.15) is 5.92 Å². The lowest BCUT2D eigenvalue weighted by atomic mass is 9.92. The van der Waals surface area contributed by atoms with Crippen LogP contribution in [0.5, 0.6) is 0 Å². The minimum Gasteiger partial charge on any atom is -0.297 e. The lowest BCUT2D eigenvalue weighted by Crippen LogP contribution is -2.13. The maximum absolute atomic E-state index is 12.2. The first-order chi connectivity index (χ1) is 9.20. The van der Waals surface area contributed by atoms with Crippen molar-refractivity contribution in [3.8, 4) is 6.07 Å². The van der Waals surface area contributed by atoms with E-state index in [1.165, 1.54) is 0 Å². The van der Waals surface area contributed by atoms with Crippen LogP contribution in [0, 0.1) is 18.3 Å². The SMILES string of the molecule is Cc1ccc(CC(=O)C(C#N)c2ccccc2)cc1. The number of benzene rings is 2. The number of nitriles is 1. The second-order valence-corrected chi connectivity index (χ2v) is 4.60. The molecule has 1 unspecified atom stereocenters. The van der Waals surface area contributed by atoms with Gasteiger partial charge in [0.2, 0.25) is 0 Å². The summed E-state index contributed by atoms with van der Waals surface area (Å²) in [6, 6.07) is 19.1. The number of nitrogens with zero attached hydrogens (tertiary/aromatic N) is 1. The molecule has 0 heterocycles. The molecule has 2 aromatic carbocycles. The number of hydrogen-bond donors (Lipinski definition) is 0. The molecule has 0 fully saturated rings. The highest BCUT2D eigenvalue weighted by atomic mass is 16.1. The molecule has 94 valence electrons. The van der Waals surface area contributed by atoms with Crippen LogP contribution in [0.25, 0.3) is 0 Å². The lowest BCUT2D eigenvalue weighted by Gasteiger charge is -2.08. The Morgan fingerprint density at radius 1 is 1.11 bits per heavy atom. The topological polar surface area (TPSA) is 40.9 Å². The van der Waals surface area contributed by atoms with Crippen molar-refractivity contribution in [3.63, 3.8) is 0 Å². The zero-order valence-electron chi connectivity index (χ0n) is 10.8. The van der Waals surface area contributed by atoms with E-state index in [-0.39, 0.29) is 5.78 Å². The van der Waals surface area contributed by atoms with Crippen molar-refractivity contribution in [2.24, 2.45) is 0 Å². The van der Waals surface area contributed by atoms with E-state index in [4.69, 9.17) is 0 Å². The summed E-state index contributed by atoms with van der Waals surface area (Å²) < 4.78 is 0. The first-order valence-electron chi connectivity index (χ1n) is 6.23. The van der Waals surface area contributed by atoms with Crippen molar-refractivity contribution < 1.29 is 4.79 Å². The van der Waals surface area contributed by atoms with Gasteiger partial charge in [0.15, 0.2) is 5.78 Å². The molecular formula is C17H15NO. The minimum atomic E-state index is -0.678. The Balaban J connectivity index is 2.14. The van der Waals surface area contributed by atoms with Gasteiger partial charge in [-0.15, -0.1) is 0 Å². The van der Waals surface area contributed by atoms with Crippen molar-refractivity contribution in [1.82, 2.24) is 0 Å². The van der Waals surface area contributed by atoms with Gasteiger partial charge in [-0.05, 0) is 18.1 Å². The number of carbonyl (C=O) groups is 1. The Morgan fingerprint density at radius 3 is 2.32 bits per heavy atom. The predicted octanol–water partition coefficient (Wildman–Crippen LogP) is 3.41. The number of hydrogen-bond acceptors (Lipinski definition) is 2. The van der Waals surface area contributed by atoms with Crippen molar-refractivity contribution in [2.75, 3.05) is 0 Å². The largest absolute Gasteiger partial charge is 0.297 e. The highest BCUT2D eigenvalue weighted by Gasteiger charge is 2.19. The molecule has 2 heteroatoms. The maximum Gasteiger partial charge on any atom is 0.158 e. The number of Topliss-reactive ketones (excluding diaryl/α,β-unsaturated/α-hetero) is 1. The van der Waals surface area contributed by atoms with Crippen LogP contribution in [-0.4, -0.2) is 5.78 Å². The highest BCUT2D eigenvalue weighted by molar-refractivity contribution is 5.90. The number of ketones is 1. The normalized spacial score (nSPS) is 11.6. The van der Waals surface area contributed by atoms with E-state index >= 15 is 0 Å². The van der Waals surface area contributed by atoms with E-state index in [2.05, 4.69) is 6.07 Å². The molecule has 0 amide bonds. The summed E-state index contributed by atoms with van der Waals surface area (Å²) >= 11 is 0. The van der Waals surface area contributed by atoms with Gasteiger partial charge in [-0.2, -0.15) is 5.26 Å². The molecular weight excluding hydrogens is 234 g/mol. The average Bonchev–Trinajstić information content (AvgIpc) is 2.43. The van der Waals surface area contributed by atoms with Gasteiger partial charge in [0.25, 0.3) is 0 Å². The molecule has 0 aliphatic rings. The van der Waals surface area contributed by atoms with Crippen LogP contribution in [0.4, 0.5) is 0 Å². The zero-order valence-corrected chi connectivity index (χ0v) is 10.8. The van der Waals surface area contributed by atoms with Gasteiger partial charge >= 0.3 is 0 Å². The number of aryl methyl sites for hydroxylation is 1. The Kier molecular flexibility index (Phi) is 4.10. The average molecular weight is 249 g/mol. The second-order valence-electron chi connectivity index (χ2n) is 4.60. The van der Waals surface area contributed by atoms with Gasteiger partial charge in [0.05, 0.1) is 6.07 Å². The van der Waals surface area contributed by atoms with Gasteiger partial charge in [0, 0.05) is 6.42 Å². The fraction of sp³-hybridized carbons (Fsp3) is 0.176. The summed E-state index contributed by atoms with van der Waals surface area (Å²) in [7, 11) is 0. The smallest absolute Gasteiger partial charge is 0.158 e. The summed E-state index contributed by atoms with van der Waals surface area (Å²) in [6.45, 7) is 2.01. The van der Waals surface area contributed by atoms with E-state index in [0.29, 0.717) is 6.42 Å². The summed E-state index contributed by atoms with van der Waals surface area (Å²) in [5, 5.41) is 9.20. The van der Waals surface area contributed by atoms with E-state index in [1.54, 1.807) is 0 Å². The summed E-state index contributed by atoms with van der Waals surface area (Å²) in [6.07, 6.45) is 0.299. The Bertz CT molecular complexity index is 593. The zero-order chi connectivity index (χ0) is 13.7. The quantitative estimate of drug-likeness (QED) is 0.833. The molecule has 0 saturated heterocycles. The second kappa shape index (κ2) is 5.97. The molecule has 0 radical (unpaired) electrons.